The van der Waals surface area contributed by atoms with Crippen LogP contribution in [-0.2, 0) is 20.1 Å². The number of pyridine rings is 3. The predicted molar refractivity (Wildman–Crippen MR) is 152 cm³/mol. The van der Waals surface area contributed by atoms with Gasteiger partial charge in [0, 0.05) is 41.5 Å². The van der Waals surface area contributed by atoms with Gasteiger partial charge in [0.05, 0.1) is 15.8 Å². The van der Waals surface area contributed by atoms with E-state index in [1.54, 1.807) is 17.4 Å². The van der Waals surface area contributed by atoms with Gasteiger partial charge in [-0.1, -0.05) is 29.1 Å². The maximum absolute atomic E-state index is 7.55. The van der Waals surface area contributed by atoms with E-state index in [-0.39, 0.29) is 25.8 Å². The fourth-order valence-electron chi connectivity index (χ4n) is 4.16. The molecule has 0 spiro atoms. The number of hydrogen-bond donors (Lipinski definition) is 0. The van der Waals surface area contributed by atoms with Crippen molar-refractivity contribution >= 4 is 43.6 Å². The Bertz CT molecular complexity index is 1970. The molecular formula is C32H23IrN3OS-2. The first-order valence-electron chi connectivity index (χ1n) is 13.3. The third kappa shape index (κ3) is 5.03. The second kappa shape index (κ2) is 11.0. The largest absolute Gasteiger partial charge is 0.486 e. The van der Waals surface area contributed by atoms with Gasteiger partial charge in [-0.05, 0) is 66.8 Å². The van der Waals surface area contributed by atoms with E-state index in [1.165, 1.54) is 11.6 Å². The number of furan rings is 1. The van der Waals surface area contributed by atoms with E-state index in [0.29, 0.717) is 11.3 Å². The first-order chi connectivity index (χ1) is 19.3. The van der Waals surface area contributed by atoms with Crippen molar-refractivity contribution in [2.24, 2.45) is 0 Å². The number of aryl methyl sites for hydroxylation is 3. The number of nitrogens with zero attached hydrogens (tertiary/aromatic N) is 3. The van der Waals surface area contributed by atoms with Gasteiger partial charge in [0.15, 0.2) is 0 Å². The summed E-state index contributed by atoms with van der Waals surface area (Å²) in [6.45, 7) is 1.80. The molecule has 5 heterocycles. The summed E-state index contributed by atoms with van der Waals surface area (Å²) in [7, 11) is 0. The van der Waals surface area contributed by atoms with Crippen LogP contribution in [0.3, 0.4) is 0 Å². The molecule has 0 aliphatic carbocycles. The topological polar surface area (TPSA) is 51.8 Å². The summed E-state index contributed by atoms with van der Waals surface area (Å²) in [6.07, 6.45) is 1.87. The zero-order valence-corrected chi connectivity index (χ0v) is 23.8. The predicted octanol–water partition coefficient (Wildman–Crippen LogP) is 8.53. The van der Waals surface area contributed by atoms with E-state index in [1.807, 2.05) is 68.6 Å². The molecule has 0 aliphatic rings. The summed E-state index contributed by atoms with van der Waals surface area (Å²) in [4.78, 5) is 13.3. The Balaban J connectivity index is 0.000000204. The molecule has 6 heteroatoms. The van der Waals surface area contributed by atoms with Crippen molar-refractivity contribution in [2.45, 2.75) is 20.7 Å². The van der Waals surface area contributed by atoms with E-state index < -0.39 is 6.85 Å². The Labute approximate surface area is 243 Å². The van der Waals surface area contributed by atoms with Crippen molar-refractivity contribution in [3.05, 3.63) is 113 Å². The van der Waals surface area contributed by atoms with Gasteiger partial charge >= 0.3 is 0 Å². The Hall–Kier alpha value is -3.70. The molecular weight excluding hydrogens is 667 g/mol. The zero-order valence-electron chi connectivity index (χ0n) is 23.6. The Kier molecular flexibility index (Phi) is 6.43. The summed E-state index contributed by atoms with van der Waals surface area (Å²) in [5.74, 6) is 0. The van der Waals surface area contributed by atoms with Crippen LogP contribution < -0.4 is 0 Å². The molecule has 0 saturated heterocycles. The molecule has 0 saturated carbocycles. The van der Waals surface area contributed by atoms with Crippen molar-refractivity contribution in [2.75, 3.05) is 0 Å². The van der Waals surface area contributed by atoms with Gasteiger partial charge in [0.1, 0.15) is 0 Å². The monoisotopic (exact) mass is 693 g/mol. The van der Waals surface area contributed by atoms with Crippen LogP contribution >= 0.6 is 11.3 Å². The van der Waals surface area contributed by atoms with E-state index in [0.717, 1.165) is 49.1 Å². The number of fused-ring (bicyclic) bond motifs is 4. The second-order valence-corrected chi connectivity index (χ2v) is 9.62. The zero-order chi connectivity index (χ0) is 27.9. The van der Waals surface area contributed by atoms with Crippen LogP contribution in [0.2, 0.25) is 0 Å². The fraction of sp³-hybridized carbons (Fsp3) is 0.0938. The smallest absolute Gasteiger partial charge is 0.216 e. The first-order valence-corrected chi connectivity index (χ1v) is 12.7. The second-order valence-electron chi connectivity index (χ2n) is 8.71. The number of rotatable bonds is 2. The third-order valence-electron chi connectivity index (χ3n) is 6.05. The number of thiophene rings is 1. The van der Waals surface area contributed by atoms with Crippen molar-refractivity contribution in [1.29, 1.82) is 0 Å². The Morgan fingerprint density at radius 2 is 1.76 bits per heavy atom. The van der Waals surface area contributed by atoms with Gasteiger partial charge in [-0.2, -0.15) is 0 Å². The fourth-order valence-corrected chi connectivity index (χ4v) is 5.04. The average Bonchev–Trinajstić information content (AvgIpc) is 3.53. The minimum Gasteiger partial charge on any atom is -0.486 e. The quantitative estimate of drug-likeness (QED) is 0.171. The molecule has 2 aromatic carbocycles. The summed E-state index contributed by atoms with van der Waals surface area (Å²) >= 11 is 1.67. The van der Waals surface area contributed by atoms with Gasteiger partial charge in [-0.15, -0.1) is 65.4 Å². The van der Waals surface area contributed by atoms with E-state index in [4.69, 9.17) is 13.5 Å². The van der Waals surface area contributed by atoms with Gasteiger partial charge in [-0.3, -0.25) is 4.98 Å². The van der Waals surface area contributed by atoms with E-state index >= 15 is 0 Å². The van der Waals surface area contributed by atoms with Crippen molar-refractivity contribution in [3.63, 3.8) is 0 Å². The molecule has 0 aliphatic heterocycles. The van der Waals surface area contributed by atoms with Gasteiger partial charge in [-0.25, -0.2) is 4.98 Å². The Morgan fingerprint density at radius 3 is 2.55 bits per heavy atom. The van der Waals surface area contributed by atoms with Crippen molar-refractivity contribution in [1.82, 2.24) is 15.0 Å². The molecule has 5 aromatic heterocycles. The number of benzene rings is 2. The van der Waals surface area contributed by atoms with E-state index in [2.05, 4.69) is 39.6 Å². The molecule has 7 rings (SSSR count). The van der Waals surface area contributed by atoms with E-state index in [9.17, 15) is 0 Å². The maximum Gasteiger partial charge on any atom is 0.216 e. The van der Waals surface area contributed by atoms with Gasteiger partial charge in [0.25, 0.3) is 0 Å². The molecule has 189 valence electrons. The summed E-state index contributed by atoms with van der Waals surface area (Å²) in [5, 5.41) is 3.74. The molecule has 7 aromatic rings. The minimum atomic E-state index is -2.27. The van der Waals surface area contributed by atoms with Crippen LogP contribution in [0.4, 0.5) is 0 Å². The summed E-state index contributed by atoms with van der Waals surface area (Å²) < 4.78 is 29.8. The number of hydrogen-bond acceptors (Lipinski definition) is 5. The summed E-state index contributed by atoms with van der Waals surface area (Å²) in [5.41, 5.74) is 7.77. The van der Waals surface area contributed by atoms with Crippen LogP contribution in [-0.4, -0.2) is 15.0 Å². The molecule has 0 fully saturated rings. The molecule has 0 atom stereocenters. The molecule has 0 N–H and O–H groups in total. The Morgan fingerprint density at radius 1 is 0.868 bits per heavy atom. The van der Waals surface area contributed by atoms with Crippen LogP contribution in [0, 0.1) is 32.8 Å². The van der Waals surface area contributed by atoms with Gasteiger partial charge < -0.3 is 9.40 Å². The van der Waals surface area contributed by atoms with Crippen molar-refractivity contribution in [3.8, 4) is 22.5 Å². The molecule has 1 radical (unpaired) electrons. The molecule has 0 unspecified atom stereocenters. The van der Waals surface area contributed by atoms with Crippen LogP contribution in [0.1, 0.15) is 20.9 Å². The SMILES string of the molecule is Cc1ccc(-c2[c-]cccc2)nc1.[2H]C([2H])([2H])c1ccc2c(n1)oc1c(-c3ccc4scc(C)c4n3)[c-]ccc12.[Ir]. The molecule has 38 heavy (non-hydrogen) atoms. The normalized spacial score (nSPS) is 12.3. The summed E-state index contributed by atoms with van der Waals surface area (Å²) in [6, 6.07) is 29.3. The van der Waals surface area contributed by atoms with Gasteiger partial charge in [0.2, 0.25) is 5.71 Å². The molecule has 0 bridgehead atoms. The van der Waals surface area contributed by atoms with Crippen molar-refractivity contribution < 1.29 is 28.6 Å². The molecule has 4 nitrogen and oxygen atoms in total. The standard InChI is InChI=1S/C20H13N2OS.C12H10N.Ir/c1-11-10-24-17-9-8-16(22-18(11)17)15-5-3-4-13-14-7-6-12(2)21-20(14)23-19(13)15;1-10-7-8-12(13-9-10)11-5-3-2-4-6-11;/h3-4,6-10H,1-2H3;2-5,7-9H,1H3;/q2*-1;/i2D3;;. The average molecular weight is 693 g/mol. The maximum atomic E-state index is 7.55. The number of aromatic nitrogens is 3. The van der Waals surface area contributed by atoms with Crippen LogP contribution in [0.5, 0.6) is 0 Å². The van der Waals surface area contributed by atoms with Crippen LogP contribution in [0.15, 0.2) is 88.8 Å². The van der Waals surface area contributed by atoms with Crippen LogP contribution in [0.25, 0.3) is 54.8 Å². The molecule has 0 amide bonds. The minimum absolute atomic E-state index is 0. The first kappa shape index (κ1) is 22.3. The third-order valence-corrected chi connectivity index (χ3v) is 7.10.